The summed E-state index contributed by atoms with van der Waals surface area (Å²) in [7, 11) is -0.522. The minimum atomic E-state index is -0.522. The van der Waals surface area contributed by atoms with E-state index >= 15 is 0 Å². The lowest BCUT2D eigenvalue weighted by Gasteiger charge is -2.32. The van der Waals surface area contributed by atoms with Crippen LogP contribution in [0.5, 0.6) is 0 Å². The normalized spacial score (nSPS) is 15.5. The van der Waals surface area contributed by atoms with Gasteiger partial charge in [0.1, 0.15) is 0 Å². The molecule has 46 heavy (non-hydrogen) atoms. The molecule has 1 aliphatic heterocycles. The lowest BCUT2D eigenvalue weighted by atomic mass is 9.71. The minimum Gasteiger partial charge on any atom is -0.399 e. The molecular weight excluding hydrogens is 561 g/mol. The van der Waals surface area contributed by atoms with E-state index < -0.39 is 18.3 Å². The van der Waals surface area contributed by atoms with Crippen LogP contribution < -0.4 is 5.46 Å². The third kappa shape index (κ3) is 4.68. The molecule has 0 radical (unpaired) electrons. The lowest BCUT2D eigenvalue weighted by molar-refractivity contribution is 0.00578. The summed E-state index contributed by atoms with van der Waals surface area (Å²) < 4.78 is 15.9. The van der Waals surface area contributed by atoms with E-state index in [1.165, 1.54) is 21.8 Å². The van der Waals surface area contributed by atoms with Gasteiger partial charge in [-0.05, 0) is 103 Å². The molecule has 0 N–H and O–H groups in total. The fraction of sp³-hybridized carbons (Fsp3) is 0.143. The number of aromatic nitrogens is 1. The van der Waals surface area contributed by atoms with Crippen molar-refractivity contribution in [3.05, 3.63) is 146 Å². The van der Waals surface area contributed by atoms with Gasteiger partial charge in [0, 0.05) is 16.5 Å². The Morgan fingerprint density at radius 2 is 1.04 bits per heavy atom. The Morgan fingerprint density at radius 1 is 0.478 bits per heavy atom. The maximum Gasteiger partial charge on any atom is 0.495 e. The van der Waals surface area contributed by atoms with Gasteiger partial charge in [0.2, 0.25) is 0 Å². The molecular formula is C42H36BNO2. The van der Waals surface area contributed by atoms with Gasteiger partial charge in [-0.3, -0.25) is 0 Å². The van der Waals surface area contributed by atoms with Crippen LogP contribution >= 0.6 is 0 Å². The third-order valence-electron chi connectivity index (χ3n) is 9.84. The van der Waals surface area contributed by atoms with E-state index in [1.807, 2.05) is 0 Å². The van der Waals surface area contributed by atoms with E-state index in [0.29, 0.717) is 0 Å². The second-order valence-electron chi connectivity index (χ2n) is 13.2. The van der Waals surface area contributed by atoms with Crippen molar-refractivity contribution in [2.45, 2.75) is 38.9 Å². The van der Waals surface area contributed by atoms with Crippen LogP contribution in [0.1, 0.15) is 27.7 Å². The highest BCUT2D eigenvalue weighted by atomic mass is 16.7. The zero-order valence-corrected chi connectivity index (χ0v) is 26.7. The molecule has 6 aromatic carbocycles. The summed E-state index contributed by atoms with van der Waals surface area (Å²) in [5.41, 5.74) is 10.5. The summed E-state index contributed by atoms with van der Waals surface area (Å²) in [5, 5.41) is 2.45. The van der Waals surface area contributed by atoms with Gasteiger partial charge in [0.25, 0.3) is 0 Å². The second-order valence-corrected chi connectivity index (χ2v) is 13.2. The van der Waals surface area contributed by atoms with Crippen molar-refractivity contribution >= 4 is 34.4 Å². The van der Waals surface area contributed by atoms with Gasteiger partial charge in [-0.15, -0.1) is 0 Å². The zero-order valence-electron chi connectivity index (χ0n) is 26.7. The fourth-order valence-corrected chi connectivity index (χ4v) is 6.77. The Kier molecular flexibility index (Phi) is 6.75. The first-order valence-electron chi connectivity index (χ1n) is 16.0. The third-order valence-corrected chi connectivity index (χ3v) is 9.84. The predicted octanol–water partition coefficient (Wildman–Crippen LogP) is 10.1. The molecule has 7 aromatic rings. The van der Waals surface area contributed by atoms with Gasteiger partial charge < -0.3 is 13.9 Å². The van der Waals surface area contributed by atoms with Gasteiger partial charge in [-0.2, -0.15) is 0 Å². The molecule has 0 aliphatic carbocycles. The highest BCUT2D eigenvalue weighted by Gasteiger charge is 2.52. The highest BCUT2D eigenvalue weighted by molar-refractivity contribution is 6.64. The van der Waals surface area contributed by atoms with Crippen LogP contribution in [0.15, 0.2) is 146 Å². The van der Waals surface area contributed by atoms with Gasteiger partial charge in [-0.25, -0.2) is 0 Å². The molecule has 224 valence electrons. The fourth-order valence-electron chi connectivity index (χ4n) is 6.77. The summed E-state index contributed by atoms with van der Waals surface area (Å²) in [6.45, 7) is 8.47. The van der Waals surface area contributed by atoms with Crippen LogP contribution in [0.2, 0.25) is 0 Å². The Hall–Kier alpha value is -4.90. The van der Waals surface area contributed by atoms with Crippen LogP contribution in [0.3, 0.4) is 0 Å². The quantitative estimate of drug-likeness (QED) is 0.184. The molecule has 0 unspecified atom stereocenters. The second kappa shape index (κ2) is 10.9. The van der Waals surface area contributed by atoms with E-state index in [9.17, 15) is 0 Å². The molecule has 0 spiro atoms. The van der Waals surface area contributed by atoms with Crippen molar-refractivity contribution in [3.63, 3.8) is 0 Å². The number of benzene rings is 6. The molecule has 0 amide bonds. The van der Waals surface area contributed by atoms with E-state index in [4.69, 9.17) is 9.31 Å². The van der Waals surface area contributed by atoms with Crippen LogP contribution in [-0.2, 0) is 9.31 Å². The van der Waals surface area contributed by atoms with Crippen molar-refractivity contribution < 1.29 is 9.31 Å². The van der Waals surface area contributed by atoms with Gasteiger partial charge in [-0.1, -0.05) is 109 Å². The number of nitrogens with zero attached hydrogens (tertiary/aromatic N) is 1. The van der Waals surface area contributed by atoms with Crippen LogP contribution in [0.25, 0.3) is 60.9 Å². The van der Waals surface area contributed by atoms with Gasteiger partial charge >= 0.3 is 7.12 Å². The summed E-state index contributed by atoms with van der Waals surface area (Å²) in [6, 6.07) is 52.1. The van der Waals surface area contributed by atoms with E-state index in [1.54, 1.807) is 0 Å². The molecule has 1 saturated heterocycles. The zero-order chi connectivity index (χ0) is 31.5. The Labute approximate surface area is 271 Å². The first-order valence-corrected chi connectivity index (χ1v) is 16.0. The monoisotopic (exact) mass is 597 g/mol. The maximum atomic E-state index is 6.75. The predicted molar refractivity (Wildman–Crippen MR) is 193 cm³/mol. The van der Waals surface area contributed by atoms with Crippen molar-refractivity contribution in [2.24, 2.45) is 0 Å². The van der Waals surface area contributed by atoms with Crippen LogP contribution in [0.4, 0.5) is 0 Å². The number of hydrogen-bond acceptors (Lipinski definition) is 2. The molecule has 0 atom stereocenters. The summed E-state index contributed by atoms with van der Waals surface area (Å²) >= 11 is 0. The SMILES string of the molecule is CC1(C)OB(c2cc(-c3ccccc3)cc(-c3ccc4c(c3)c3ccccc3n4-c3ccccc3)c2-c2ccccc2)OC1(C)C. The van der Waals surface area contributed by atoms with E-state index in [0.717, 1.165) is 44.5 Å². The van der Waals surface area contributed by atoms with E-state index in [-0.39, 0.29) is 0 Å². The number of fused-ring (bicyclic) bond motifs is 3. The molecule has 2 heterocycles. The summed E-state index contributed by atoms with van der Waals surface area (Å²) in [6.07, 6.45) is 0. The highest BCUT2D eigenvalue weighted by Crippen LogP contribution is 2.42. The number of para-hydroxylation sites is 2. The Bertz CT molecular complexity index is 2190. The molecule has 1 aliphatic rings. The molecule has 0 saturated carbocycles. The number of hydrogen-bond donors (Lipinski definition) is 0. The first-order chi connectivity index (χ1) is 22.3. The van der Waals surface area contributed by atoms with Crippen LogP contribution in [0, 0.1) is 0 Å². The lowest BCUT2D eigenvalue weighted by Crippen LogP contribution is -2.41. The summed E-state index contributed by atoms with van der Waals surface area (Å²) in [4.78, 5) is 0. The topological polar surface area (TPSA) is 23.4 Å². The summed E-state index contributed by atoms with van der Waals surface area (Å²) in [5.74, 6) is 0. The largest absolute Gasteiger partial charge is 0.495 e. The average Bonchev–Trinajstić information content (AvgIpc) is 3.53. The molecule has 1 aromatic heterocycles. The van der Waals surface area contributed by atoms with Crippen molar-refractivity contribution in [1.29, 1.82) is 0 Å². The van der Waals surface area contributed by atoms with Gasteiger partial charge in [0.15, 0.2) is 0 Å². The number of rotatable bonds is 5. The molecule has 4 heteroatoms. The smallest absolute Gasteiger partial charge is 0.399 e. The van der Waals surface area contributed by atoms with Crippen molar-refractivity contribution in [3.8, 4) is 39.1 Å². The van der Waals surface area contributed by atoms with Crippen molar-refractivity contribution in [2.75, 3.05) is 0 Å². The Morgan fingerprint density at radius 3 is 1.72 bits per heavy atom. The standard InChI is InChI=1S/C42H36BNO2/c1-41(2)42(3,4)46-43(45-41)37-28-32(29-16-8-5-9-17-29)27-35(40(37)30-18-10-6-11-19-30)31-24-25-39-36(26-31)34-22-14-15-23-38(34)44(39)33-20-12-7-13-21-33/h5-28H,1-4H3. The average molecular weight is 598 g/mol. The Balaban J connectivity index is 1.43. The maximum absolute atomic E-state index is 6.75. The van der Waals surface area contributed by atoms with Crippen LogP contribution in [-0.4, -0.2) is 22.9 Å². The molecule has 3 nitrogen and oxygen atoms in total. The van der Waals surface area contributed by atoms with Crippen molar-refractivity contribution in [1.82, 2.24) is 4.57 Å². The molecule has 0 bridgehead atoms. The first kappa shape index (κ1) is 28.6. The molecule has 8 rings (SSSR count). The van der Waals surface area contributed by atoms with E-state index in [2.05, 4.69) is 178 Å². The molecule has 1 fully saturated rings. The van der Waals surface area contributed by atoms with Gasteiger partial charge in [0.05, 0.1) is 22.2 Å². The minimum absolute atomic E-state index is 0.466.